The molecule has 0 unspecified atom stereocenters. The van der Waals surface area contributed by atoms with Gasteiger partial charge in [0.05, 0.1) is 4.90 Å². The molecule has 114 valence electrons. The molecular formula is C14H24N2O3S. The van der Waals surface area contributed by atoms with Crippen molar-refractivity contribution in [3.63, 3.8) is 0 Å². The second-order valence-electron chi connectivity index (χ2n) is 4.50. The first kappa shape index (κ1) is 17.1. The molecule has 2 N–H and O–H groups in total. The fourth-order valence-corrected chi connectivity index (χ4v) is 3.12. The summed E-state index contributed by atoms with van der Waals surface area (Å²) in [6.07, 6.45) is 1.65. The van der Waals surface area contributed by atoms with Gasteiger partial charge < -0.3 is 10.1 Å². The molecule has 0 aliphatic carbocycles. The molecule has 1 rings (SSSR count). The van der Waals surface area contributed by atoms with Crippen LogP contribution < -0.4 is 10.0 Å². The normalized spacial score (nSPS) is 11.7. The molecule has 0 aliphatic rings. The summed E-state index contributed by atoms with van der Waals surface area (Å²) in [5.41, 5.74) is 0.768. The van der Waals surface area contributed by atoms with Crippen LogP contribution in [0.15, 0.2) is 29.2 Å². The number of hydrogen-bond donors (Lipinski definition) is 2. The van der Waals surface area contributed by atoms with Crippen LogP contribution in [0, 0.1) is 0 Å². The first-order valence-electron chi connectivity index (χ1n) is 6.91. The van der Waals surface area contributed by atoms with Crippen LogP contribution in [0.3, 0.4) is 0 Å². The maximum absolute atomic E-state index is 12.2. The number of sulfonamides is 1. The summed E-state index contributed by atoms with van der Waals surface area (Å²) in [7, 11) is -1.66. The van der Waals surface area contributed by atoms with E-state index in [9.17, 15) is 8.42 Å². The van der Waals surface area contributed by atoms with Crippen molar-refractivity contribution >= 4 is 10.0 Å². The average Bonchev–Trinajstić information content (AvgIpc) is 2.43. The predicted octanol–water partition coefficient (Wildman–Crippen LogP) is 1.50. The van der Waals surface area contributed by atoms with Crippen molar-refractivity contribution in [3.05, 3.63) is 29.8 Å². The van der Waals surface area contributed by atoms with Gasteiger partial charge in [-0.05, 0) is 31.5 Å². The molecule has 1 aromatic carbocycles. The lowest BCUT2D eigenvalue weighted by atomic mass is 10.2. The third-order valence-corrected chi connectivity index (χ3v) is 4.30. The van der Waals surface area contributed by atoms with Gasteiger partial charge in [-0.1, -0.05) is 25.1 Å². The quantitative estimate of drug-likeness (QED) is 0.643. The summed E-state index contributed by atoms with van der Waals surface area (Å²) in [6.45, 7) is 4.25. The van der Waals surface area contributed by atoms with Crippen molar-refractivity contribution in [1.82, 2.24) is 10.0 Å². The highest BCUT2D eigenvalue weighted by molar-refractivity contribution is 7.89. The molecule has 0 aliphatic heterocycles. The van der Waals surface area contributed by atoms with E-state index in [1.807, 2.05) is 19.1 Å². The van der Waals surface area contributed by atoms with Crippen molar-refractivity contribution in [2.75, 3.05) is 26.8 Å². The number of nitrogens with one attached hydrogen (secondary N) is 2. The molecule has 0 heterocycles. The summed E-state index contributed by atoms with van der Waals surface area (Å²) >= 11 is 0. The van der Waals surface area contributed by atoms with Gasteiger partial charge in [0.15, 0.2) is 0 Å². The largest absolute Gasteiger partial charge is 0.381 e. The van der Waals surface area contributed by atoms with Crippen LogP contribution in [-0.2, 0) is 21.3 Å². The second kappa shape index (κ2) is 9.07. The van der Waals surface area contributed by atoms with Crippen LogP contribution in [0.2, 0.25) is 0 Å². The first-order chi connectivity index (χ1) is 9.61. The first-order valence-corrected chi connectivity index (χ1v) is 8.40. The van der Waals surface area contributed by atoms with Gasteiger partial charge in [0.2, 0.25) is 10.0 Å². The third kappa shape index (κ3) is 5.58. The predicted molar refractivity (Wildman–Crippen MR) is 80.1 cm³/mol. The minimum Gasteiger partial charge on any atom is -0.381 e. The Kier molecular flexibility index (Phi) is 7.76. The summed E-state index contributed by atoms with van der Waals surface area (Å²) in [5.74, 6) is 0. The summed E-state index contributed by atoms with van der Waals surface area (Å²) in [4.78, 5) is 0.337. The summed E-state index contributed by atoms with van der Waals surface area (Å²) in [6, 6.07) is 7.01. The maximum atomic E-state index is 12.2. The Balaban J connectivity index is 2.56. The second-order valence-corrected chi connectivity index (χ2v) is 6.24. The molecular weight excluding hydrogens is 276 g/mol. The number of benzene rings is 1. The van der Waals surface area contributed by atoms with Crippen LogP contribution in [0.5, 0.6) is 0 Å². The van der Waals surface area contributed by atoms with Gasteiger partial charge in [0.1, 0.15) is 0 Å². The van der Waals surface area contributed by atoms with Crippen molar-refractivity contribution in [3.8, 4) is 0 Å². The molecule has 1 aromatic rings. The van der Waals surface area contributed by atoms with Crippen molar-refractivity contribution < 1.29 is 13.2 Å². The standard InChI is InChI=1S/C14H24N2O3S/c1-3-10-19-11-6-9-16-20(17,18)14-8-5-4-7-13(14)12-15-2/h4-5,7-8,15-16H,3,6,9-12H2,1-2H3. The Morgan fingerprint density at radius 1 is 1.20 bits per heavy atom. The fraction of sp³-hybridized carbons (Fsp3) is 0.571. The van der Waals surface area contributed by atoms with E-state index in [2.05, 4.69) is 10.0 Å². The Morgan fingerprint density at radius 2 is 1.95 bits per heavy atom. The van der Waals surface area contributed by atoms with Crippen LogP contribution >= 0.6 is 0 Å². The van der Waals surface area contributed by atoms with Crippen LogP contribution in [0.4, 0.5) is 0 Å². The molecule has 0 spiro atoms. The van der Waals surface area contributed by atoms with Gasteiger partial charge in [0.25, 0.3) is 0 Å². The van der Waals surface area contributed by atoms with Crippen molar-refractivity contribution in [2.45, 2.75) is 31.2 Å². The van der Waals surface area contributed by atoms with Gasteiger partial charge in [-0.3, -0.25) is 0 Å². The molecule has 0 bridgehead atoms. The Morgan fingerprint density at radius 3 is 2.65 bits per heavy atom. The highest BCUT2D eigenvalue weighted by atomic mass is 32.2. The smallest absolute Gasteiger partial charge is 0.240 e. The van der Waals surface area contributed by atoms with E-state index in [0.717, 1.165) is 18.6 Å². The van der Waals surface area contributed by atoms with E-state index in [-0.39, 0.29) is 0 Å². The molecule has 0 radical (unpaired) electrons. The van der Waals surface area contributed by atoms with Gasteiger partial charge in [-0.15, -0.1) is 0 Å². The molecule has 0 saturated heterocycles. The topological polar surface area (TPSA) is 67.4 Å². The summed E-state index contributed by atoms with van der Waals surface area (Å²) in [5, 5.41) is 2.97. The number of rotatable bonds is 10. The summed E-state index contributed by atoms with van der Waals surface area (Å²) < 4.78 is 32.4. The zero-order valence-electron chi connectivity index (χ0n) is 12.2. The lowest BCUT2D eigenvalue weighted by Crippen LogP contribution is -2.27. The highest BCUT2D eigenvalue weighted by Gasteiger charge is 2.16. The zero-order valence-corrected chi connectivity index (χ0v) is 13.0. The van der Waals surface area contributed by atoms with E-state index in [1.54, 1.807) is 19.2 Å². The lowest BCUT2D eigenvalue weighted by molar-refractivity contribution is 0.133. The Labute approximate surface area is 121 Å². The van der Waals surface area contributed by atoms with Gasteiger partial charge in [-0.25, -0.2) is 13.1 Å². The van der Waals surface area contributed by atoms with E-state index >= 15 is 0 Å². The molecule has 0 aromatic heterocycles. The van der Waals surface area contributed by atoms with Gasteiger partial charge in [-0.2, -0.15) is 0 Å². The number of ether oxygens (including phenoxy) is 1. The molecule has 5 nitrogen and oxygen atoms in total. The van der Waals surface area contributed by atoms with E-state index in [4.69, 9.17) is 4.74 Å². The molecule has 0 amide bonds. The van der Waals surface area contributed by atoms with Crippen LogP contribution in [-0.4, -0.2) is 35.2 Å². The van der Waals surface area contributed by atoms with Gasteiger partial charge in [0, 0.05) is 26.3 Å². The molecule has 0 atom stereocenters. The lowest BCUT2D eigenvalue weighted by Gasteiger charge is -2.11. The average molecular weight is 300 g/mol. The molecule has 0 fully saturated rings. The number of hydrogen-bond acceptors (Lipinski definition) is 4. The maximum Gasteiger partial charge on any atom is 0.240 e. The SMILES string of the molecule is CCCOCCCNS(=O)(=O)c1ccccc1CNC. The monoisotopic (exact) mass is 300 g/mol. The molecule has 0 saturated carbocycles. The Hall–Kier alpha value is -0.950. The van der Waals surface area contributed by atoms with E-state index in [0.29, 0.717) is 31.0 Å². The Bertz CT molecular complexity index is 489. The van der Waals surface area contributed by atoms with Crippen molar-refractivity contribution in [1.29, 1.82) is 0 Å². The van der Waals surface area contributed by atoms with Crippen LogP contribution in [0.1, 0.15) is 25.3 Å². The van der Waals surface area contributed by atoms with Gasteiger partial charge >= 0.3 is 0 Å². The van der Waals surface area contributed by atoms with Crippen LogP contribution in [0.25, 0.3) is 0 Å². The third-order valence-electron chi connectivity index (χ3n) is 2.74. The minimum atomic E-state index is -3.45. The fourth-order valence-electron chi connectivity index (χ4n) is 1.81. The minimum absolute atomic E-state index is 0.337. The van der Waals surface area contributed by atoms with E-state index in [1.165, 1.54) is 0 Å². The highest BCUT2D eigenvalue weighted by Crippen LogP contribution is 2.14. The van der Waals surface area contributed by atoms with Crippen molar-refractivity contribution in [2.24, 2.45) is 0 Å². The molecule has 20 heavy (non-hydrogen) atoms. The van der Waals surface area contributed by atoms with E-state index < -0.39 is 10.0 Å². The zero-order chi connectivity index (χ0) is 14.8. The molecule has 6 heteroatoms.